The molecule has 3 aromatic rings. The van der Waals surface area contributed by atoms with Gasteiger partial charge in [-0.3, -0.25) is 9.78 Å². The molecule has 1 aliphatic heterocycles. The lowest BCUT2D eigenvalue weighted by Gasteiger charge is -2.25. The van der Waals surface area contributed by atoms with E-state index in [0.29, 0.717) is 12.8 Å². The van der Waals surface area contributed by atoms with Gasteiger partial charge in [-0.1, -0.05) is 54.6 Å². The lowest BCUT2D eigenvalue weighted by atomic mass is 10.1. The van der Waals surface area contributed by atoms with Gasteiger partial charge in [-0.15, -0.1) is 0 Å². The second kappa shape index (κ2) is 9.57. The number of amides is 1. The summed E-state index contributed by atoms with van der Waals surface area (Å²) in [6, 6.07) is 24.5. The largest absolute Gasteiger partial charge is 0.496 e. The molecule has 154 valence electrons. The first-order chi connectivity index (χ1) is 14.7. The topological polar surface area (TPSA) is 42.4 Å². The number of pyridine rings is 1. The van der Waals surface area contributed by atoms with E-state index in [1.54, 1.807) is 7.11 Å². The average molecular weight is 401 g/mol. The van der Waals surface area contributed by atoms with Crippen molar-refractivity contribution in [3.05, 3.63) is 95.3 Å². The third-order valence-corrected chi connectivity index (χ3v) is 5.78. The molecule has 1 aromatic heterocycles. The molecule has 1 unspecified atom stereocenters. The molecule has 0 saturated carbocycles. The van der Waals surface area contributed by atoms with Crippen LogP contribution in [0.3, 0.4) is 0 Å². The Morgan fingerprint density at radius 3 is 2.67 bits per heavy atom. The third-order valence-electron chi connectivity index (χ3n) is 5.78. The highest BCUT2D eigenvalue weighted by molar-refractivity contribution is 5.77. The molecule has 1 aliphatic rings. The molecule has 2 aromatic carbocycles. The summed E-state index contributed by atoms with van der Waals surface area (Å²) in [5.74, 6) is 1.10. The lowest BCUT2D eigenvalue weighted by molar-refractivity contribution is -0.132. The first-order valence-corrected chi connectivity index (χ1v) is 10.7. The number of methoxy groups -OCH3 is 1. The van der Waals surface area contributed by atoms with Crippen molar-refractivity contribution in [2.75, 3.05) is 13.7 Å². The van der Waals surface area contributed by atoms with E-state index >= 15 is 0 Å². The molecule has 4 nitrogen and oxygen atoms in total. The van der Waals surface area contributed by atoms with Gasteiger partial charge in [0.15, 0.2) is 0 Å². The maximum Gasteiger partial charge on any atom is 0.223 e. The Balaban J connectivity index is 1.46. The Kier molecular flexibility index (Phi) is 6.43. The average Bonchev–Trinajstić information content (AvgIpc) is 3.29. The third kappa shape index (κ3) is 4.70. The van der Waals surface area contributed by atoms with E-state index in [1.165, 1.54) is 5.56 Å². The molecule has 30 heavy (non-hydrogen) atoms. The highest BCUT2D eigenvalue weighted by atomic mass is 16.5. The number of ether oxygens (including phenoxy) is 1. The van der Waals surface area contributed by atoms with Crippen molar-refractivity contribution in [2.45, 2.75) is 38.1 Å². The molecule has 1 fully saturated rings. The van der Waals surface area contributed by atoms with Crippen LogP contribution in [0.4, 0.5) is 0 Å². The molecule has 0 N–H and O–H groups in total. The van der Waals surface area contributed by atoms with Crippen LogP contribution >= 0.6 is 0 Å². The van der Waals surface area contributed by atoms with Gasteiger partial charge in [-0.05, 0) is 43.0 Å². The van der Waals surface area contributed by atoms with E-state index < -0.39 is 0 Å². The van der Waals surface area contributed by atoms with Crippen LogP contribution in [0.5, 0.6) is 5.75 Å². The molecule has 1 amide bonds. The minimum Gasteiger partial charge on any atom is -0.496 e. The van der Waals surface area contributed by atoms with Crippen LogP contribution in [0.1, 0.15) is 47.8 Å². The van der Waals surface area contributed by atoms with Crippen molar-refractivity contribution in [1.82, 2.24) is 9.88 Å². The zero-order valence-electron chi connectivity index (χ0n) is 17.5. The van der Waals surface area contributed by atoms with E-state index in [1.807, 2.05) is 47.4 Å². The van der Waals surface area contributed by atoms with Gasteiger partial charge in [0, 0.05) is 30.6 Å². The van der Waals surface area contributed by atoms with Gasteiger partial charge in [-0.25, -0.2) is 0 Å². The van der Waals surface area contributed by atoms with Crippen LogP contribution in [-0.2, 0) is 17.6 Å². The summed E-state index contributed by atoms with van der Waals surface area (Å²) in [5, 5.41) is 0. The van der Waals surface area contributed by atoms with Crippen LogP contribution in [0, 0.1) is 0 Å². The van der Waals surface area contributed by atoms with E-state index in [9.17, 15) is 4.79 Å². The number of likely N-dealkylation sites (tertiary alicyclic amines) is 1. The Morgan fingerprint density at radius 1 is 1.03 bits per heavy atom. The van der Waals surface area contributed by atoms with Crippen molar-refractivity contribution in [2.24, 2.45) is 0 Å². The van der Waals surface area contributed by atoms with Crippen LogP contribution in [0.2, 0.25) is 0 Å². The maximum absolute atomic E-state index is 12.9. The predicted octanol–water partition coefficient (Wildman–Crippen LogP) is 4.98. The van der Waals surface area contributed by atoms with Crippen molar-refractivity contribution >= 4 is 5.91 Å². The van der Waals surface area contributed by atoms with Crippen LogP contribution in [0.25, 0.3) is 0 Å². The Labute approximate surface area is 178 Å². The molecule has 2 heterocycles. The molecule has 0 bridgehead atoms. The summed E-state index contributed by atoms with van der Waals surface area (Å²) in [7, 11) is 1.69. The molecular weight excluding hydrogens is 372 g/mol. The monoisotopic (exact) mass is 400 g/mol. The number of rotatable bonds is 7. The number of carbonyl (C=O) groups is 1. The fourth-order valence-corrected chi connectivity index (χ4v) is 4.24. The maximum atomic E-state index is 12.9. The van der Waals surface area contributed by atoms with Gasteiger partial charge in [0.1, 0.15) is 5.75 Å². The highest BCUT2D eigenvalue weighted by Gasteiger charge is 2.30. The molecule has 1 atom stereocenters. The molecule has 1 saturated heterocycles. The summed E-state index contributed by atoms with van der Waals surface area (Å²) in [6.45, 7) is 0.816. The predicted molar refractivity (Wildman–Crippen MR) is 118 cm³/mol. The number of nitrogens with zero attached hydrogens (tertiary/aromatic N) is 2. The summed E-state index contributed by atoms with van der Waals surface area (Å²) >= 11 is 0. The van der Waals surface area contributed by atoms with E-state index in [-0.39, 0.29) is 11.9 Å². The van der Waals surface area contributed by atoms with E-state index in [2.05, 4.69) is 30.3 Å². The fraction of sp³-hybridized carbons (Fsp3) is 0.308. The van der Waals surface area contributed by atoms with Gasteiger partial charge in [0.25, 0.3) is 0 Å². The van der Waals surface area contributed by atoms with E-state index in [0.717, 1.165) is 48.5 Å². The zero-order chi connectivity index (χ0) is 20.8. The van der Waals surface area contributed by atoms with Crippen molar-refractivity contribution in [1.29, 1.82) is 0 Å². The second-order valence-electron chi connectivity index (χ2n) is 7.77. The van der Waals surface area contributed by atoms with E-state index in [4.69, 9.17) is 9.72 Å². The quantitative estimate of drug-likeness (QED) is 0.562. The van der Waals surface area contributed by atoms with Gasteiger partial charge < -0.3 is 9.64 Å². The number of hydrogen-bond acceptors (Lipinski definition) is 3. The van der Waals surface area contributed by atoms with Crippen LogP contribution < -0.4 is 4.74 Å². The molecule has 0 aliphatic carbocycles. The Hall–Kier alpha value is -3.14. The standard InChI is InChI=1S/C26H28N2O2/c1-30-25-15-6-5-11-21(25)19-22-12-7-13-23(27-22)24-14-8-18-28(24)26(29)17-16-20-9-3-2-4-10-20/h2-7,9-13,15,24H,8,14,16-19H2,1H3. The van der Waals surface area contributed by atoms with Crippen LogP contribution in [-0.4, -0.2) is 29.4 Å². The van der Waals surface area contributed by atoms with Crippen LogP contribution in [0.15, 0.2) is 72.8 Å². The number of aromatic nitrogens is 1. The summed E-state index contributed by atoms with van der Waals surface area (Å²) in [6.07, 6.45) is 4.04. The van der Waals surface area contributed by atoms with Gasteiger partial charge in [-0.2, -0.15) is 0 Å². The number of benzene rings is 2. The summed E-state index contributed by atoms with van der Waals surface area (Å²) in [4.78, 5) is 19.9. The first kappa shape index (κ1) is 20.1. The number of carbonyl (C=O) groups excluding carboxylic acids is 1. The highest BCUT2D eigenvalue weighted by Crippen LogP contribution is 2.32. The van der Waals surface area contributed by atoms with Crippen molar-refractivity contribution < 1.29 is 9.53 Å². The minimum absolute atomic E-state index is 0.0749. The number of hydrogen-bond donors (Lipinski definition) is 0. The van der Waals surface area contributed by atoms with Crippen molar-refractivity contribution in [3.63, 3.8) is 0 Å². The molecule has 0 radical (unpaired) electrons. The minimum atomic E-state index is 0.0749. The van der Waals surface area contributed by atoms with Gasteiger partial charge >= 0.3 is 0 Å². The molecule has 0 spiro atoms. The summed E-state index contributed by atoms with van der Waals surface area (Å²) < 4.78 is 5.48. The molecule has 4 heteroatoms. The first-order valence-electron chi connectivity index (χ1n) is 10.7. The van der Waals surface area contributed by atoms with Crippen molar-refractivity contribution in [3.8, 4) is 5.75 Å². The second-order valence-corrected chi connectivity index (χ2v) is 7.77. The smallest absolute Gasteiger partial charge is 0.223 e. The normalized spacial score (nSPS) is 15.9. The molecular formula is C26H28N2O2. The number of para-hydroxylation sites is 1. The number of aryl methyl sites for hydroxylation is 1. The Morgan fingerprint density at radius 2 is 1.83 bits per heavy atom. The van der Waals surface area contributed by atoms with Gasteiger partial charge in [0.05, 0.1) is 18.8 Å². The lowest BCUT2D eigenvalue weighted by Crippen LogP contribution is -2.31. The fourth-order valence-electron chi connectivity index (χ4n) is 4.24. The zero-order valence-corrected chi connectivity index (χ0v) is 17.5. The summed E-state index contributed by atoms with van der Waals surface area (Å²) in [5.41, 5.74) is 4.32. The Bertz CT molecular complexity index is 987. The molecule has 4 rings (SSSR count). The SMILES string of the molecule is COc1ccccc1Cc1cccc(C2CCCN2C(=O)CCc2ccccc2)n1. The van der Waals surface area contributed by atoms with Gasteiger partial charge in [0.2, 0.25) is 5.91 Å².